The Morgan fingerprint density at radius 1 is 1.00 bits per heavy atom. The highest BCUT2D eigenvalue weighted by molar-refractivity contribution is 14.1. The second-order valence-corrected chi connectivity index (χ2v) is 12.9. The molecule has 202 valence electrons. The summed E-state index contributed by atoms with van der Waals surface area (Å²) in [6.45, 7) is 0. The molecule has 6 atom stereocenters. The fourth-order valence-corrected chi connectivity index (χ4v) is 8.22. The van der Waals surface area contributed by atoms with Gasteiger partial charge in [0, 0.05) is 16.5 Å². The number of allylic oxidation sites excluding steroid dienone is 2. The van der Waals surface area contributed by atoms with Gasteiger partial charge in [0.25, 0.3) is 11.8 Å². The normalized spacial score (nSPS) is 33.6. The number of amides is 4. The van der Waals surface area contributed by atoms with Gasteiger partial charge in [0.15, 0.2) is 21.2 Å². The number of hydrogen-bond donors (Lipinski definition) is 1. The van der Waals surface area contributed by atoms with Crippen LogP contribution in [0.5, 0.6) is 11.5 Å². The number of hydrogen-bond acceptors (Lipinski definition) is 6. The molecule has 4 amide bonds. The summed E-state index contributed by atoms with van der Waals surface area (Å²) in [5.41, 5.74) is 1.66. The predicted octanol–water partition coefficient (Wildman–Crippen LogP) is 4.20. The van der Waals surface area contributed by atoms with Crippen LogP contribution in [0.2, 0.25) is 0 Å². The van der Waals surface area contributed by atoms with Gasteiger partial charge < -0.3 is 9.84 Å². The van der Waals surface area contributed by atoms with Crippen LogP contribution in [0.3, 0.4) is 0 Å². The zero-order valence-corrected chi connectivity index (χ0v) is 24.5. The molecule has 3 fully saturated rings. The highest BCUT2D eigenvalue weighted by Gasteiger charge is 2.75. The molecule has 8 nitrogen and oxygen atoms in total. The summed E-state index contributed by atoms with van der Waals surface area (Å²) < 4.78 is 6.27. The van der Waals surface area contributed by atoms with E-state index in [-0.39, 0.29) is 36.2 Å². The number of likely N-dealkylation sites (tertiary alicyclic amines) is 1. The number of alkyl halides is 2. The standard InChI is InChI=1S/C28H23Cl2IN2O6/c1-32-25(37)27(29)12-18-16(22(28(27,30)26(32)38)13-3-10-19(34)20(11-13)39-2)8-9-17-21(18)24(36)33(23(17)35)15-6-4-14(31)5-7-15/h3-8,10-11,17-18,21-22,34H,9,12H2,1-2H3/t17-,18+,21-,22-,27+,28-/m0/s1. The lowest BCUT2D eigenvalue weighted by Crippen LogP contribution is -2.60. The largest absolute Gasteiger partial charge is 0.504 e. The van der Waals surface area contributed by atoms with Crippen molar-refractivity contribution in [1.82, 2.24) is 4.90 Å². The molecule has 1 saturated carbocycles. The van der Waals surface area contributed by atoms with Crippen LogP contribution in [0.25, 0.3) is 0 Å². The number of nitrogens with zero attached hydrogens (tertiary/aromatic N) is 2. The number of carbonyl (C=O) groups is 4. The summed E-state index contributed by atoms with van der Waals surface area (Å²) in [4.78, 5) is 53.0. The van der Waals surface area contributed by atoms with Gasteiger partial charge in [-0.05, 0) is 83.3 Å². The van der Waals surface area contributed by atoms with E-state index in [1.165, 1.54) is 25.1 Å². The van der Waals surface area contributed by atoms with Gasteiger partial charge in [0.05, 0.1) is 24.6 Å². The van der Waals surface area contributed by atoms with Crippen LogP contribution in [0, 0.1) is 21.3 Å². The molecule has 1 N–H and O–H groups in total. The number of benzene rings is 2. The van der Waals surface area contributed by atoms with Gasteiger partial charge in [-0.2, -0.15) is 0 Å². The number of methoxy groups -OCH3 is 1. The third-order valence-electron chi connectivity index (χ3n) is 8.64. The van der Waals surface area contributed by atoms with Crippen molar-refractivity contribution < 1.29 is 29.0 Å². The molecule has 0 bridgehead atoms. The van der Waals surface area contributed by atoms with Gasteiger partial charge in [-0.3, -0.25) is 29.0 Å². The van der Waals surface area contributed by atoms with Crippen molar-refractivity contribution in [2.45, 2.75) is 28.5 Å². The molecule has 11 heteroatoms. The number of imide groups is 2. The van der Waals surface area contributed by atoms with Crippen LogP contribution in [0.4, 0.5) is 5.69 Å². The maximum Gasteiger partial charge on any atom is 0.253 e. The molecule has 39 heavy (non-hydrogen) atoms. The molecule has 2 aliphatic carbocycles. The van der Waals surface area contributed by atoms with Crippen LogP contribution in [0.1, 0.15) is 24.3 Å². The number of halogens is 3. The molecule has 0 aromatic heterocycles. The van der Waals surface area contributed by atoms with E-state index in [4.69, 9.17) is 27.9 Å². The third kappa shape index (κ3) is 3.42. The molecule has 2 aromatic rings. The summed E-state index contributed by atoms with van der Waals surface area (Å²) in [5.74, 6) is -4.84. The number of aromatic hydroxyl groups is 1. The van der Waals surface area contributed by atoms with E-state index in [0.717, 1.165) is 8.47 Å². The monoisotopic (exact) mass is 680 g/mol. The van der Waals surface area contributed by atoms with Gasteiger partial charge >= 0.3 is 0 Å². The number of phenols is 1. The Labute approximate surface area is 248 Å². The van der Waals surface area contributed by atoms with Gasteiger partial charge in [0.2, 0.25) is 11.8 Å². The first-order chi connectivity index (χ1) is 18.5. The summed E-state index contributed by atoms with van der Waals surface area (Å²) in [5, 5.41) is 10.2. The van der Waals surface area contributed by atoms with Gasteiger partial charge in [0.1, 0.15) is 0 Å². The smallest absolute Gasteiger partial charge is 0.253 e. The Morgan fingerprint density at radius 2 is 1.69 bits per heavy atom. The van der Waals surface area contributed by atoms with Crippen molar-refractivity contribution in [3.63, 3.8) is 0 Å². The van der Waals surface area contributed by atoms with E-state index in [2.05, 4.69) is 22.6 Å². The highest BCUT2D eigenvalue weighted by atomic mass is 127. The molecular formula is C28H23Cl2IN2O6. The molecule has 0 spiro atoms. The van der Waals surface area contributed by atoms with Gasteiger partial charge in [-0.1, -0.05) is 17.7 Å². The first-order valence-electron chi connectivity index (χ1n) is 12.4. The fourth-order valence-electron chi connectivity index (χ4n) is 6.84. The number of phenolic OH excluding ortho intramolecular Hbond substituents is 1. The molecule has 0 unspecified atom stereocenters. The summed E-state index contributed by atoms with van der Waals surface area (Å²) in [6.07, 6.45) is 2.06. The Morgan fingerprint density at radius 3 is 2.36 bits per heavy atom. The Hall–Kier alpha value is -2.63. The second-order valence-electron chi connectivity index (χ2n) is 10.4. The number of ether oxygens (including phenoxy) is 1. The molecule has 2 aromatic carbocycles. The Kier molecular flexibility index (Phi) is 6.09. The van der Waals surface area contributed by atoms with Crippen molar-refractivity contribution in [2.75, 3.05) is 19.1 Å². The van der Waals surface area contributed by atoms with Crippen molar-refractivity contribution in [1.29, 1.82) is 0 Å². The van der Waals surface area contributed by atoms with Crippen LogP contribution in [-0.4, -0.2) is 57.5 Å². The highest BCUT2D eigenvalue weighted by Crippen LogP contribution is 2.65. The summed E-state index contributed by atoms with van der Waals surface area (Å²) in [7, 11) is 2.74. The van der Waals surface area contributed by atoms with Crippen LogP contribution >= 0.6 is 45.8 Å². The van der Waals surface area contributed by atoms with Crippen LogP contribution in [-0.2, 0) is 19.2 Å². The zero-order valence-electron chi connectivity index (χ0n) is 20.9. The number of carbonyl (C=O) groups excluding carboxylic acids is 4. The molecule has 2 aliphatic heterocycles. The van der Waals surface area contributed by atoms with Crippen LogP contribution in [0.15, 0.2) is 54.1 Å². The van der Waals surface area contributed by atoms with Crippen molar-refractivity contribution in [3.05, 3.63) is 63.2 Å². The Balaban J connectivity index is 1.52. The third-order valence-corrected chi connectivity index (χ3v) is 10.8. The molecular weight excluding hydrogens is 658 g/mol. The lowest BCUT2D eigenvalue weighted by Gasteiger charge is -2.50. The lowest BCUT2D eigenvalue weighted by atomic mass is 9.56. The average molecular weight is 681 g/mol. The minimum absolute atomic E-state index is 0.0781. The SMILES string of the molecule is COc1cc([C@H]2C3=CC[C@@H]4C(=O)N(c5ccc(I)cc5)C(=O)[C@@H]4[C@@H]3C[C@@]3(Cl)C(=O)N(C)C(=O)[C@@]23Cl)ccc1O. The number of rotatable bonds is 3. The van der Waals surface area contributed by atoms with E-state index in [9.17, 15) is 24.3 Å². The van der Waals surface area contributed by atoms with E-state index in [0.29, 0.717) is 16.8 Å². The summed E-state index contributed by atoms with van der Waals surface area (Å²) in [6, 6.07) is 11.7. The lowest BCUT2D eigenvalue weighted by molar-refractivity contribution is -0.138. The topological polar surface area (TPSA) is 104 Å². The number of anilines is 1. The van der Waals surface area contributed by atoms with Crippen molar-refractivity contribution >= 4 is 75.1 Å². The van der Waals surface area contributed by atoms with E-state index < -0.39 is 45.2 Å². The van der Waals surface area contributed by atoms with Gasteiger partial charge in [-0.25, -0.2) is 0 Å². The first kappa shape index (κ1) is 26.6. The molecule has 2 saturated heterocycles. The van der Waals surface area contributed by atoms with Crippen molar-refractivity contribution in [2.24, 2.45) is 17.8 Å². The van der Waals surface area contributed by atoms with E-state index in [1.807, 2.05) is 18.2 Å². The molecule has 4 aliphatic rings. The zero-order chi connectivity index (χ0) is 28.0. The maximum absolute atomic E-state index is 13.9. The average Bonchev–Trinajstić information content (AvgIpc) is 3.24. The van der Waals surface area contributed by atoms with Crippen LogP contribution < -0.4 is 9.64 Å². The molecule has 2 heterocycles. The van der Waals surface area contributed by atoms with E-state index in [1.54, 1.807) is 24.3 Å². The van der Waals surface area contributed by atoms with Gasteiger partial charge in [-0.15, -0.1) is 23.2 Å². The molecule has 0 radical (unpaired) electrons. The molecule has 6 rings (SSSR count). The first-order valence-corrected chi connectivity index (χ1v) is 14.2. The second kappa shape index (κ2) is 8.94. The quantitative estimate of drug-likeness (QED) is 0.226. The Bertz CT molecular complexity index is 1500. The number of fused-ring (bicyclic) bond motifs is 4. The summed E-state index contributed by atoms with van der Waals surface area (Å²) >= 11 is 16.5. The van der Waals surface area contributed by atoms with E-state index >= 15 is 0 Å². The predicted molar refractivity (Wildman–Crippen MR) is 152 cm³/mol. The van der Waals surface area contributed by atoms with Crippen molar-refractivity contribution in [3.8, 4) is 11.5 Å². The minimum atomic E-state index is -1.89. The minimum Gasteiger partial charge on any atom is -0.504 e. The fraction of sp³-hybridized carbons (Fsp3) is 0.357. The maximum atomic E-state index is 13.9.